The van der Waals surface area contributed by atoms with Crippen LogP contribution in [0.1, 0.15) is 24.2 Å². The average molecular weight is 244 g/mol. The standard InChI is InChI=1S/C14H12O4/c1-14(2)17-12-7-9-8(4-3-5-11(9)15)6-10(12)13(16)18-14/h3-7,15H,1-2H3. The molecule has 0 saturated carbocycles. The van der Waals surface area contributed by atoms with Crippen LogP contribution in [-0.2, 0) is 4.74 Å². The van der Waals surface area contributed by atoms with Gasteiger partial charge < -0.3 is 14.6 Å². The molecule has 4 heteroatoms. The number of benzene rings is 2. The highest BCUT2D eigenvalue weighted by Crippen LogP contribution is 2.36. The maximum Gasteiger partial charge on any atom is 0.345 e. The summed E-state index contributed by atoms with van der Waals surface area (Å²) in [5.41, 5.74) is 0.382. The van der Waals surface area contributed by atoms with Crippen LogP contribution in [0.2, 0.25) is 0 Å². The monoisotopic (exact) mass is 244 g/mol. The van der Waals surface area contributed by atoms with E-state index < -0.39 is 11.8 Å². The average Bonchev–Trinajstić information content (AvgIpc) is 2.27. The van der Waals surface area contributed by atoms with E-state index >= 15 is 0 Å². The molecule has 0 fully saturated rings. The topological polar surface area (TPSA) is 55.8 Å². The van der Waals surface area contributed by atoms with Crippen LogP contribution in [0.3, 0.4) is 0 Å². The van der Waals surface area contributed by atoms with Crippen LogP contribution in [0, 0.1) is 0 Å². The van der Waals surface area contributed by atoms with Gasteiger partial charge in [0, 0.05) is 19.2 Å². The highest BCUT2D eigenvalue weighted by atomic mass is 16.7. The first-order valence-electron chi connectivity index (χ1n) is 5.64. The van der Waals surface area contributed by atoms with Gasteiger partial charge in [0.05, 0.1) is 0 Å². The third-order valence-electron chi connectivity index (χ3n) is 2.87. The van der Waals surface area contributed by atoms with Gasteiger partial charge >= 0.3 is 5.97 Å². The Morgan fingerprint density at radius 1 is 1.17 bits per heavy atom. The van der Waals surface area contributed by atoms with Crippen molar-refractivity contribution in [3.63, 3.8) is 0 Å². The predicted octanol–water partition coefficient (Wildman–Crippen LogP) is 2.83. The Labute approximate surface area is 104 Å². The molecule has 2 aromatic carbocycles. The van der Waals surface area contributed by atoms with E-state index in [1.54, 1.807) is 38.1 Å². The first-order chi connectivity index (χ1) is 8.46. The van der Waals surface area contributed by atoms with Gasteiger partial charge in [0.25, 0.3) is 0 Å². The molecule has 0 saturated heterocycles. The molecule has 0 spiro atoms. The molecule has 0 unspecified atom stereocenters. The van der Waals surface area contributed by atoms with Gasteiger partial charge in [-0.2, -0.15) is 0 Å². The van der Waals surface area contributed by atoms with Gasteiger partial charge in [-0.3, -0.25) is 0 Å². The van der Waals surface area contributed by atoms with Gasteiger partial charge in [-0.05, 0) is 23.6 Å². The Kier molecular flexibility index (Phi) is 2.05. The molecule has 1 heterocycles. The minimum atomic E-state index is -0.984. The van der Waals surface area contributed by atoms with Gasteiger partial charge in [-0.15, -0.1) is 0 Å². The number of hydrogen-bond acceptors (Lipinski definition) is 4. The Balaban J connectivity index is 2.28. The third kappa shape index (κ3) is 1.57. The van der Waals surface area contributed by atoms with E-state index in [2.05, 4.69) is 0 Å². The molecule has 92 valence electrons. The molecule has 0 aromatic heterocycles. The van der Waals surface area contributed by atoms with Gasteiger partial charge in [-0.25, -0.2) is 4.79 Å². The van der Waals surface area contributed by atoms with E-state index in [1.165, 1.54) is 0 Å². The number of ether oxygens (including phenoxy) is 2. The summed E-state index contributed by atoms with van der Waals surface area (Å²) in [6, 6.07) is 8.48. The van der Waals surface area contributed by atoms with Crippen molar-refractivity contribution in [3.05, 3.63) is 35.9 Å². The second-order valence-electron chi connectivity index (χ2n) is 4.74. The Hall–Kier alpha value is -2.23. The number of phenolic OH excluding ortho intramolecular Hbond substituents is 1. The molecule has 1 N–H and O–H groups in total. The van der Waals surface area contributed by atoms with Crippen molar-refractivity contribution in [2.45, 2.75) is 19.6 Å². The molecule has 0 radical (unpaired) electrons. The summed E-state index contributed by atoms with van der Waals surface area (Å²) in [4.78, 5) is 11.9. The zero-order valence-corrected chi connectivity index (χ0v) is 10.1. The summed E-state index contributed by atoms with van der Waals surface area (Å²) < 4.78 is 10.8. The van der Waals surface area contributed by atoms with Gasteiger partial charge in [-0.1, -0.05) is 12.1 Å². The fourth-order valence-corrected chi connectivity index (χ4v) is 2.10. The first-order valence-corrected chi connectivity index (χ1v) is 5.64. The Morgan fingerprint density at radius 2 is 1.94 bits per heavy atom. The van der Waals surface area contributed by atoms with Crippen LogP contribution in [0.5, 0.6) is 11.5 Å². The number of rotatable bonds is 0. The molecular formula is C14H12O4. The van der Waals surface area contributed by atoms with E-state index in [9.17, 15) is 9.90 Å². The zero-order valence-electron chi connectivity index (χ0n) is 10.1. The molecule has 1 aliphatic heterocycles. The highest BCUT2D eigenvalue weighted by molar-refractivity contribution is 6.01. The second kappa shape index (κ2) is 3.38. The SMILES string of the molecule is CC1(C)OC(=O)c2cc3cccc(O)c3cc2O1. The van der Waals surface area contributed by atoms with E-state index in [4.69, 9.17) is 9.47 Å². The lowest BCUT2D eigenvalue weighted by molar-refractivity contribution is -0.127. The van der Waals surface area contributed by atoms with Crippen molar-refractivity contribution < 1.29 is 19.4 Å². The molecule has 0 aliphatic carbocycles. The van der Waals surface area contributed by atoms with E-state index in [0.717, 1.165) is 5.39 Å². The minimum Gasteiger partial charge on any atom is -0.507 e. The van der Waals surface area contributed by atoms with Crippen molar-refractivity contribution in [2.24, 2.45) is 0 Å². The number of esters is 1. The summed E-state index contributed by atoms with van der Waals surface area (Å²) in [7, 11) is 0. The number of fused-ring (bicyclic) bond motifs is 2. The molecule has 0 bridgehead atoms. The number of carbonyl (C=O) groups excluding carboxylic acids is 1. The van der Waals surface area contributed by atoms with Crippen LogP contribution in [0.25, 0.3) is 10.8 Å². The molecular weight excluding hydrogens is 232 g/mol. The van der Waals surface area contributed by atoms with Crippen molar-refractivity contribution in [2.75, 3.05) is 0 Å². The van der Waals surface area contributed by atoms with Crippen LogP contribution >= 0.6 is 0 Å². The highest BCUT2D eigenvalue weighted by Gasteiger charge is 2.34. The summed E-state index contributed by atoms with van der Waals surface area (Å²) in [6.45, 7) is 3.34. The summed E-state index contributed by atoms with van der Waals surface area (Å²) in [5, 5.41) is 11.2. The number of carbonyl (C=O) groups is 1. The molecule has 4 nitrogen and oxygen atoms in total. The van der Waals surface area contributed by atoms with Crippen molar-refractivity contribution >= 4 is 16.7 Å². The van der Waals surface area contributed by atoms with Gasteiger partial charge in [0.2, 0.25) is 5.79 Å². The first kappa shape index (κ1) is 10.9. The van der Waals surface area contributed by atoms with E-state index in [1.807, 2.05) is 6.07 Å². The van der Waals surface area contributed by atoms with Crippen LogP contribution in [0.4, 0.5) is 0 Å². The molecule has 2 aromatic rings. The molecule has 18 heavy (non-hydrogen) atoms. The molecule has 1 aliphatic rings. The lowest BCUT2D eigenvalue weighted by Gasteiger charge is -2.31. The number of cyclic esters (lactones) is 1. The Morgan fingerprint density at radius 3 is 2.72 bits per heavy atom. The predicted molar refractivity (Wildman–Crippen MR) is 65.7 cm³/mol. The lowest BCUT2D eigenvalue weighted by atomic mass is 10.0. The maximum absolute atomic E-state index is 11.9. The van der Waals surface area contributed by atoms with E-state index in [-0.39, 0.29) is 5.75 Å². The number of aromatic hydroxyl groups is 1. The second-order valence-corrected chi connectivity index (χ2v) is 4.74. The third-order valence-corrected chi connectivity index (χ3v) is 2.87. The van der Waals surface area contributed by atoms with Gasteiger partial charge in [0.1, 0.15) is 17.1 Å². The molecule has 0 atom stereocenters. The van der Waals surface area contributed by atoms with Gasteiger partial charge in [0.15, 0.2) is 0 Å². The van der Waals surface area contributed by atoms with Crippen LogP contribution < -0.4 is 4.74 Å². The van der Waals surface area contributed by atoms with E-state index in [0.29, 0.717) is 16.7 Å². The Bertz CT molecular complexity index is 658. The smallest absolute Gasteiger partial charge is 0.345 e. The lowest BCUT2D eigenvalue weighted by Crippen LogP contribution is -2.38. The molecule has 3 rings (SSSR count). The van der Waals surface area contributed by atoms with Crippen LogP contribution in [-0.4, -0.2) is 16.9 Å². The normalized spacial score (nSPS) is 16.9. The van der Waals surface area contributed by atoms with Crippen molar-refractivity contribution in [3.8, 4) is 11.5 Å². The molecule has 0 amide bonds. The maximum atomic E-state index is 11.9. The number of phenols is 1. The number of hydrogen-bond donors (Lipinski definition) is 1. The van der Waals surface area contributed by atoms with Crippen LogP contribution in [0.15, 0.2) is 30.3 Å². The summed E-state index contributed by atoms with van der Waals surface area (Å²) in [6.07, 6.45) is 0. The summed E-state index contributed by atoms with van der Waals surface area (Å²) >= 11 is 0. The fraction of sp³-hybridized carbons (Fsp3) is 0.214. The van der Waals surface area contributed by atoms with Crippen molar-refractivity contribution in [1.29, 1.82) is 0 Å². The fourth-order valence-electron chi connectivity index (χ4n) is 2.10. The largest absolute Gasteiger partial charge is 0.507 e. The zero-order chi connectivity index (χ0) is 12.9. The summed E-state index contributed by atoms with van der Waals surface area (Å²) in [5.74, 6) is -0.797. The quantitative estimate of drug-likeness (QED) is 0.724. The van der Waals surface area contributed by atoms with Crippen molar-refractivity contribution in [1.82, 2.24) is 0 Å². The minimum absolute atomic E-state index is 0.163.